The molecule has 2 heterocycles. The van der Waals surface area contributed by atoms with E-state index < -0.39 is 5.82 Å². The molecular formula is C14H9BrClFN2S. The number of aromatic nitrogens is 2. The highest BCUT2D eigenvalue weighted by molar-refractivity contribution is 9.10. The van der Waals surface area contributed by atoms with Crippen molar-refractivity contribution < 1.29 is 4.39 Å². The number of hydrogen-bond acceptors (Lipinski definition) is 3. The molecule has 0 fully saturated rings. The maximum atomic E-state index is 14.0. The van der Waals surface area contributed by atoms with Crippen LogP contribution in [0.5, 0.6) is 0 Å². The van der Waals surface area contributed by atoms with Crippen LogP contribution >= 0.6 is 38.9 Å². The Morgan fingerprint density at radius 3 is 2.60 bits per heavy atom. The molecule has 0 N–H and O–H groups in total. The summed E-state index contributed by atoms with van der Waals surface area (Å²) in [5, 5.41) is 0.765. The monoisotopic (exact) mass is 370 g/mol. The second-order valence-corrected chi connectivity index (χ2v) is 7.00. The van der Waals surface area contributed by atoms with Gasteiger partial charge >= 0.3 is 0 Å². The van der Waals surface area contributed by atoms with Gasteiger partial charge < -0.3 is 0 Å². The van der Waals surface area contributed by atoms with Crippen LogP contribution in [-0.2, 0) is 0 Å². The zero-order valence-electron chi connectivity index (χ0n) is 10.7. The van der Waals surface area contributed by atoms with E-state index in [1.165, 1.54) is 16.5 Å². The number of thiophene rings is 1. The molecule has 0 aliphatic heterocycles. The number of aryl methyl sites for hydroxylation is 2. The maximum Gasteiger partial charge on any atom is 0.171 e. The van der Waals surface area contributed by atoms with E-state index in [2.05, 4.69) is 25.9 Å². The fourth-order valence-electron chi connectivity index (χ4n) is 1.91. The van der Waals surface area contributed by atoms with Gasteiger partial charge in [0.2, 0.25) is 0 Å². The van der Waals surface area contributed by atoms with Crippen LogP contribution in [0.2, 0.25) is 5.15 Å². The van der Waals surface area contributed by atoms with E-state index in [0.29, 0.717) is 15.7 Å². The number of fused-ring (bicyclic) bond motifs is 1. The van der Waals surface area contributed by atoms with E-state index in [0.717, 1.165) is 4.88 Å². The van der Waals surface area contributed by atoms with Gasteiger partial charge in [-0.2, -0.15) is 0 Å². The third kappa shape index (κ3) is 2.34. The van der Waals surface area contributed by atoms with Crippen molar-refractivity contribution in [3.05, 3.63) is 44.1 Å². The van der Waals surface area contributed by atoms with Crippen LogP contribution in [0.3, 0.4) is 0 Å². The normalized spacial score (nSPS) is 11.2. The molecule has 0 atom stereocenters. The van der Waals surface area contributed by atoms with Crippen molar-refractivity contribution in [2.24, 2.45) is 0 Å². The smallest absolute Gasteiger partial charge is 0.171 e. The van der Waals surface area contributed by atoms with Gasteiger partial charge in [-0.25, -0.2) is 14.4 Å². The summed E-state index contributed by atoms with van der Waals surface area (Å²) in [6.45, 7) is 4.06. The first-order chi connectivity index (χ1) is 9.45. The Bertz CT molecular complexity index is 812. The largest absolute Gasteiger partial charge is 0.224 e. The van der Waals surface area contributed by atoms with Gasteiger partial charge in [-0.05, 0) is 37.6 Å². The van der Waals surface area contributed by atoms with Crippen molar-refractivity contribution in [2.75, 3.05) is 0 Å². The number of hydrogen-bond donors (Lipinski definition) is 0. The van der Waals surface area contributed by atoms with Gasteiger partial charge in [0.05, 0.1) is 4.88 Å². The summed E-state index contributed by atoms with van der Waals surface area (Å²) in [5.41, 5.74) is 1.41. The maximum absolute atomic E-state index is 14.0. The summed E-state index contributed by atoms with van der Waals surface area (Å²) in [6, 6.07) is 5.09. The van der Waals surface area contributed by atoms with E-state index in [1.54, 1.807) is 17.4 Å². The SMILES string of the molecule is Cc1cc(-c2nc(Cl)c3cc(Br)cc(F)c3n2)sc1C. The molecule has 2 nitrogen and oxygen atoms in total. The lowest BCUT2D eigenvalue weighted by Gasteiger charge is -2.04. The van der Waals surface area contributed by atoms with Gasteiger partial charge in [0.25, 0.3) is 0 Å². The Hall–Kier alpha value is -1.04. The first-order valence-corrected chi connectivity index (χ1v) is 7.84. The molecule has 20 heavy (non-hydrogen) atoms. The number of benzene rings is 1. The molecule has 3 rings (SSSR count). The van der Waals surface area contributed by atoms with Crippen molar-refractivity contribution in [2.45, 2.75) is 13.8 Å². The fraction of sp³-hybridized carbons (Fsp3) is 0.143. The van der Waals surface area contributed by atoms with E-state index >= 15 is 0 Å². The van der Waals surface area contributed by atoms with Gasteiger partial charge in [-0.15, -0.1) is 11.3 Å². The molecule has 1 aromatic carbocycles. The summed E-state index contributed by atoms with van der Waals surface area (Å²) in [4.78, 5) is 10.7. The Kier molecular flexibility index (Phi) is 3.52. The highest BCUT2D eigenvalue weighted by Crippen LogP contribution is 2.33. The van der Waals surface area contributed by atoms with Crippen LogP contribution < -0.4 is 0 Å². The Balaban J connectivity index is 2.29. The molecule has 6 heteroatoms. The summed E-state index contributed by atoms with van der Waals surface area (Å²) in [6.07, 6.45) is 0. The minimum Gasteiger partial charge on any atom is -0.224 e. The molecule has 0 bridgehead atoms. The molecule has 0 spiro atoms. The molecule has 0 saturated carbocycles. The van der Waals surface area contributed by atoms with E-state index in [9.17, 15) is 4.39 Å². The summed E-state index contributed by atoms with van der Waals surface area (Å²) in [5.74, 6) is 0.0508. The number of halogens is 3. The molecule has 2 aromatic heterocycles. The first kappa shape index (κ1) is 13.9. The summed E-state index contributed by atoms with van der Waals surface area (Å²) in [7, 11) is 0. The van der Waals surface area contributed by atoms with Gasteiger partial charge in [0, 0.05) is 14.7 Å². The van der Waals surface area contributed by atoms with Crippen molar-refractivity contribution in [1.82, 2.24) is 9.97 Å². The Morgan fingerprint density at radius 1 is 1.20 bits per heavy atom. The molecule has 0 aliphatic carbocycles. The van der Waals surface area contributed by atoms with E-state index in [1.807, 2.05) is 19.9 Å². The van der Waals surface area contributed by atoms with Crippen LogP contribution in [0.4, 0.5) is 4.39 Å². The van der Waals surface area contributed by atoms with Crippen LogP contribution in [0.15, 0.2) is 22.7 Å². The molecule has 102 valence electrons. The zero-order chi connectivity index (χ0) is 14.4. The highest BCUT2D eigenvalue weighted by Gasteiger charge is 2.14. The molecule has 0 amide bonds. The predicted molar refractivity (Wildman–Crippen MR) is 85.0 cm³/mol. The second-order valence-electron chi connectivity index (χ2n) is 4.47. The van der Waals surface area contributed by atoms with Crippen molar-refractivity contribution >= 4 is 49.8 Å². The third-order valence-corrected chi connectivity index (χ3v) is 4.95. The lowest BCUT2D eigenvalue weighted by atomic mass is 10.2. The minimum atomic E-state index is -0.412. The zero-order valence-corrected chi connectivity index (χ0v) is 13.8. The quantitative estimate of drug-likeness (QED) is 0.526. The lowest BCUT2D eigenvalue weighted by molar-refractivity contribution is 0.636. The van der Waals surface area contributed by atoms with Gasteiger partial charge in [-0.1, -0.05) is 27.5 Å². The topological polar surface area (TPSA) is 25.8 Å². The summed E-state index contributed by atoms with van der Waals surface area (Å²) >= 11 is 11.0. The highest BCUT2D eigenvalue weighted by atomic mass is 79.9. The van der Waals surface area contributed by atoms with Crippen LogP contribution in [0.1, 0.15) is 10.4 Å². The van der Waals surface area contributed by atoms with Crippen molar-refractivity contribution in [3.63, 3.8) is 0 Å². The van der Waals surface area contributed by atoms with Gasteiger partial charge in [0.1, 0.15) is 10.7 Å². The molecule has 3 aromatic rings. The van der Waals surface area contributed by atoms with Crippen molar-refractivity contribution in [1.29, 1.82) is 0 Å². The van der Waals surface area contributed by atoms with Crippen LogP contribution in [-0.4, -0.2) is 9.97 Å². The van der Waals surface area contributed by atoms with Crippen molar-refractivity contribution in [3.8, 4) is 10.7 Å². The lowest BCUT2D eigenvalue weighted by Crippen LogP contribution is -1.93. The van der Waals surface area contributed by atoms with Gasteiger partial charge in [0.15, 0.2) is 11.6 Å². The predicted octanol–water partition coefficient (Wildman–Crippen LogP) is 5.53. The third-order valence-electron chi connectivity index (χ3n) is 3.06. The summed E-state index contributed by atoms with van der Waals surface area (Å²) < 4.78 is 14.6. The van der Waals surface area contributed by atoms with E-state index in [4.69, 9.17) is 11.6 Å². The van der Waals surface area contributed by atoms with E-state index in [-0.39, 0.29) is 10.7 Å². The number of rotatable bonds is 1. The molecule has 0 saturated heterocycles. The Morgan fingerprint density at radius 2 is 1.95 bits per heavy atom. The fourth-order valence-corrected chi connectivity index (χ4v) is 3.54. The Labute approximate surface area is 132 Å². The van der Waals surface area contributed by atoms with Gasteiger partial charge in [-0.3, -0.25) is 0 Å². The molecule has 0 radical (unpaired) electrons. The molecular weight excluding hydrogens is 363 g/mol. The standard InChI is InChI=1S/C14H9BrClFN2S/c1-6-3-11(20-7(6)2)14-18-12-9(13(16)19-14)4-8(15)5-10(12)17/h3-5H,1-2H3. The molecule has 0 unspecified atom stereocenters. The van der Waals surface area contributed by atoms with Crippen LogP contribution in [0, 0.1) is 19.7 Å². The first-order valence-electron chi connectivity index (χ1n) is 5.85. The minimum absolute atomic E-state index is 0.243. The average Bonchev–Trinajstić information content (AvgIpc) is 2.71. The average molecular weight is 372 g/mol. The molecule has 0 aliphatic rings. The number of nitrogens with zero attached hydrogens (tertiary/aromatic N) is 2. The second kappa shape index (κ2) is 5.06. The van der Waals surface area contributed by atoms with Crippen LogP contribution in [0.25, 0.3) is 21.6 Å².